The number of nitriles is 1. The zero-order valence-corrected chi connectivity index (χ0v) is 18.2. The van der Waals surface area contributed by atoms with Crippen LogP contribution in [0.2, 0.25) is 0 Å². The van der Waals surface area contributed by atoms with E-state index < -0.39 is 6.03 Å². The zero-order valence-electron chi connectivity index (χ0n) is 18.2. The molecular formula is C25H29N5O2. The van der Waals surface area contributed by atoms with Crippen molar-refractivity contribution >= 4 is 17.4 Å². The molecule has 2 aromatic carbocycles. The van der Waals surface area contributed by atoms with Crippen molar-refractivity contribution in [1.29, 1.82) is 5.26 Å². The summed E-state index contributed by atoms with van der Waals surface area (Å²) in [5.41, 5.74) is 3.99. The Bertz CT molecular complexity index is 966. The van der Waals surface area contributed by atoms with E-state index in [2.05, 4.69) is 15.3 Å². The third kappa shape index (κ3) is 4.23. The Balaban J connectivity index is 1.11. The average Bonchev–Trinajstić information content (AvgIpc) is 3.48. The molecule has 3 atom stereocenters. The molecular weight excluding hydrogens is 402 g/mol. The number of hydroxylamine groups is 1. The van der Waals surface area contributed by atoms with Crippen molar-refractivity contribution in [2.45, 2.75) is 31.7 Å². The number of rotatable bonds is 5. The van der Waals surface area contributed by atoms with Crippen LogP contribution in [-0.2, 0) is 0 Å². The van der Waals surface area contributed by atoms with E-state index in [0.717, 1.165) is 49.0 Å². The molecule has 0 aromatic heterocycles. The van der Waals surface area contributed by atoms with E-state index in [1.54, 1.807) is 24.3 Å². The predicted molar refractivity (Wildman–Crippen MR) is 123 cm³/mol. The van der Waals surface area contributed by atoms with Gasteiger partial charge in [0.05, 0.1) is 5.69 Å². The van der Waals surface area contributed by atoms with Gasteiger partial charge in [-0.2, -0.15) is 15.6 Å². The molecule has 0 radical (unpaired) electrons. The van der Waals surface area contributed by atoms with Crippen LogP contribution in [-0.4, -0.2) is 43.2 Å². The second-order valence-electron chi connectivity index (χ2n) is 9.04. The van der Waals surface area contributed by atoms with E-state index in [-0.39, 0.29) is 0 Å². The van der Waals surface area contributed by atoms with Gasteiger partial charge in [-0.25, -0.2) is 4.79 Å². The highest BCUT2D eigenvalue weighted by Gasteiger charge is 2.42. The lowest BCUT2D eigenvalue weighted by Crippen LogP contribution is -2.51. The Morgan fingerprint density at radius 1 is 1.00 bits per heavy atom. The Hall–Kier alpha value is -3.24. The van der Waals surface area contributed by atoms with Gasteiger partial charge in [0.2, 0.25) is 0 Å². The molecule has 2 bridgehead atoms. The molecule has 32 heavy (non-hydrogen) atoms. The number of urea groups is 1. The largest absolute Gasteiger partial charge is 0.378 e. The average molecular weight is 432 g/mol. The summed E-state index contributed by atoms with van der Waals surface area (Å²) in [7, 11) is 0. The summed E-state index contributed by atoms with van der Waals surface area (Å²) >= 11 is 0. The summed E-state index contributed by atoms with van der Waals surface area (Å²) in [6.45, 7) is 4.34. The first-order chi connectivity index (χ1) is 15.7. The summed E-state index contributed by atoms with van der Waals surface area (Å²) < 4.78 is 0. The molecule has 2 saturated carbocycles. The van der Waals surface area contributed by atoms with Gasteiger partial charge in [-0.1, -0.05) is 24.6 Å². The van der Waals surface area contributed by atoms with Crippen LogP contribution in [0.25, 0.3) is 0 Å². The lowest BCUT2D eigenvalue weighted by molar-refractivity contribution is 0.135. The summed E-state index contributed by atoms with van der Waals surface area (Å²) in [5.74, 6) is 2.45. The minimum absolute atomic E-state index is 0.482. The van der Waals surface area contributed by atoms with E-state index >= 15 is 0 Å². The van der Waals surface area contributed by atoms with Crippen LogP contribution in [0.15, 0.2) is 54.6 Å². The number of piperazine rings is 1. The number of benzene rings is 2. The van der Waals surface area contributed by atoms with Gasteiger partial charge in [0.1, 0.15) is 0 Å². The molecule has 1 N–H and O–H groups in total. The van der Waals surface area contributed by atoms with Gasteiger partial charge in [-0.15, -0.1) is 0 Å². The number of carbonyl (C=O) groups excluding carboxylic acids is 1. The fourth-order valence-corrected chi connectivity index (χ4v) is 5.64. The van der Waals surface area contributed by atoms with Crippen molar-refractivity contribution in [2.24, 2.45) is 11.8 Å². The molecule has 2 aromatic rings. The first-order valence-corrected chi connectivity index (χ1v) is 11.5. The molecule has 7 heteroatoms. The van der Waals surface area contributed by atoms with Crippen molar-refractivity contribution < 1.29 is 9.63 Å². The number of nitrogens with one attached hydrogen (secondary N) is 1. The lowest BCUT2D eigenvalue weighted by atomic mass is 9.93. The zero-order chi connectivity index (χ0) is 21.9. The van der Waals surface area contributed by atoms with Crippen molar-refractivity contribution in [2.75, 3.05) is 36.0 Å². The maximum atomic E-state index is 12.3. The predicted octanol–water partition coefficient (Wildman–Crippen LogP) is 3.99. The number of fused-ring (bicyclic) bond motifs is 2. The van der Waals surface area contributed by atoms with Gasteiger partial charge in [-0.3, -0.25) is 4.90 Å². The minimum Gasteiger partial charge on any atom is -0.378 e. The maximum Gasteiger partial charge on any atom is 0.368 e. The van der Waals surface area contributed by atoms with E-state index in [0.29, 0.717) is 11.4 Å². The number of hydrogen-bond donors (Lipinski definition) is 1. The summed E-state index contributed by atoms with van der Waals surface area (Å²) in [6, 6.07) is 16.7. The summed E-state index contributed by atoms with van der Waals surface area (Å²) in [4.78, 5) is 23.8. The number of amides is 2. The molecule has 5 rings (SSSR count). The Morgan fingerprint density at radius 3 is 2.38 bits per heavy atom. The molecule has 1 saturated heterocycles. The van der Waals surface area contributed by atoms with Crippen LogP contribution in [0.4, 0.5) is 16.2 Å². The number of carbonyl (C=O) groups is 1. The van der Waals surface area contributed by atoms with E-state index in [1.807, 2.05) is 36.5 Å². The van der Waals surface area contributed by atoms with Gasteiger partial charge < -0.3 is 9.74 Å². The fraction of sp³-hybridized carbons (Fsp3) is 0.440. The number of anilines is 2. The van der Waals surface area contributed by atoms with Gasteiger partial charge in [0.15, 0.2) is 11.9 Å². The van der Waals surface area contributed by atoms with Crippen molar-refractivity contribution in [3.63, 3.8) is 0 Å². The van der Waals surface area contributed by atoms with Crippen LogP contribution in [0, 0.1) is 23.3 Å². The molecule has 3 unspecified atom stereocenters. The van der Waals surface area contributed by atoms with E-state index in [4.69, 9.17) is 4.84 Å². The lowest BCUT2D eigenvalue weighted by Gasteiger charge is -2.41. The number of hydrogen-bond acceptors (Lipinski definition) is 5. The van der Waals surface area contributed by atoms with Crippen LogP contribution < -0.4 is 20.1 Å². The van der Waals surface area contributed by atoms with Crippen LogP contribution in [0.3, 0.4) is 0 Å². The molecule has 2 amide bonds. The highest BCUT2D eigenvalue weighted by molar-refractivity contribution is 5.94. The van der Waals surface area contributed by atoms with Gasteiger partial charge in [0.25, 0.3) is 0 Å². The molecule has 1 heterocycles. The van der Waals surface area contributed by atoms with Crippen LogP contribution in [0.1, 0.15) is 25.7 Å². The summed E-state index contributed by atoms with van der Waals surface area (Å²) in [6.07, 6.45) is 7.63. The summed E-state index contributed by atoms with van der Waals surface area (Å²) in [5, 5.41) is 9.30. The molecule has 0 spiro atoms. The quantitative estimate of drug-likeness (QED) is 0.440. The highest BCUT2D eigenvalue weighted by Crippen LogP contribution is 2.46. The van der Waals surface area contributed by atoms with Gasteiger partial charge in [-0.05, 0) is 67.5 Å². The van der Waals surface area contributed by atoms with Crippen LogP contribution >= 0.6 is 0 Å². The van der Waals surface area contributed by atoms with Crippen molar-refractivity contribution in [3.05, 3.63) is 54.6 Å². The number of nitrogens with zero attached hydrogens (tertiary/aromatic N) is 4. The van der Waals surface area contributed by atoms with E-state index in [9.17, 15) is 10.1 Å². The second kappa shape index (κ2) is 9.09. The monoisotopic (exact) mass is 431 g/mol. The first kappa shape index (κ1) is 20.7. The molecule has 166 valence electrons. The third-order valence-corrected chi connectivity index (χ3v) is 7.26. The minimum atomic E-state index is -0.639. The Morgan fingerprint density at radius 2 is 1.75 bits per heavy atom. The SMILES string of the molecule is N#CN(C(=O)NOc1ccc(N2CCN(C3CC4CCC3C4)CC2)cc1)c1ccccc1. The molecule has 2 aliphatic carbocycles. The topological polar surface area (TPSA) is 71.8 Å². The molecule has 1 aliphatic heterocycles. The third-order valence-electron chi connectivity index (χ3n) is 7.26. The molecule has 3 aliphatic rings. The smallest absolute Gasteiger partial charge is 0.368 e. The maximum absolute atomic E-state index is 12.3. The van der Waals surface area contributed by atoms with Gasteiger partial charge >= 0.3 is 6.03 Å². The first-order valence-electron chi connectivity index (χ1n) is 11.5. The highest BCUT2D eigenvalue weighted by atomic mass is 16.7. The Kier molecular flexibility index (Phi) is 5.87. The molecule has 7 nitrogen and oxygen atoms in total. The number of para-hydroxylation sites is 1. The van der Waals surface area contributed by atoms with E-state index in [1.165, 1.54) is 31.4 Å². The Labute approximate surface area is 189 Å². The standard InChI is InChI=1S/C25H29N5O2/c26-18-30(22-4-2-1-3-5-22)25(31)27-32-23-10-8-21(9-11-23)28-12-14-29(15-13-28)24-17-19-6-7-20(24)16-19/h1-5,8-11,19-20,24H,6-7,12-17H2,(H,27,31). The van der Waals surface area contributed by atoms with Gasteiger partial charge in [0, 0.05) is 37.9 Å². The fourth-order valence-electron chi connectivity index (χ4n) is 5.64. The van der Waals surface area contributed by atoms with Crippen molar-refractivity contribution in [3.8, 4) is 11.9 Å². The molecule has 3 fully saturated rings. The van der Waals surface area contributed by atoms with Crippen molar-refractivity contribution in [1.82, 2.24) is 10.4 Å². The van der Waals surface area contributed by atoms with Crippen LogP contribution in [0.5, 0.6) is 5.75 Å². The second-order valence-corrected chi connectivity index (χ2v) is 9.04. The normalized spacial score (nSPS) is 24.7.